The molecule has 1 aliphatic heterocycles. The summed E-state index contributed by atoms with van der Waals surface area (Å²) in [6.45, 7) is 0.249. The molecule has 0 aromatic heterocycles. The van der Waals surface area contributed by atoms with E-state index in [-0.39, 0.29) is 30.6 Å². The lowest BCUT2D eigenvalue weighted by molar-refractivity contribution is -0.862. The van der Waals surface area contributed by atoms with Gasteiger partial charge in [-0.1, -0.05) is 30.3 Å². The lowest BCUT2D eigenvalue weighted by Gasteiger charge is -2.22. The summed E-state index contributed by atoms with van der Waals surface area (Å²) < 4.78 is 5.95. The summed E-state index contributed by atoms with van der Waals surface area (Å²) in [6, 6.07) is 13.9. The first kappa shape index (κ1) is 19.6. The van der Waals surface area contributed by atoms with Gasteiger partial charge in [-0.05, 0) is 18.2 Å². The van der Waals surface area contributed by atoms with E-state index in [1.165, 1.54) is 0 Å². The topological polar surface area (TPSA) is 88.0 Å². The van der Waals surface area contributed by atoms with E-state index >= 15 is 0 Å². The largest absolute Gasteiger partial charge is 0.507 e. The number of fused-ring (bicyclic) bond motifs is 1. The minimum atomic E-state index is -0.530. The molecule has 0 aliphatic carbocycles. The maximum atomic E-state index is 12.2. The van der Waals surface area contributed by atoms with E-state index in [2.05, 4.69) is 10.5 Å². The summed E-state index contributed by atoms with van der Waals surface area (Å²) in [6.07, 6.45) is -0.303. The number of hydrazone groups is 1. The number of amides is 1. The van der Waals surface area contributed by atoms with Gasteiger partial charge < -0.3 is 14.3 Å². The molecule has 0 bridgehead atoms. The molecule has 0 fully saturated rings. The van der Waals surface area contributed by atoms with Gasteiger partial charge in [0.2, 0.25) is 0 Å². The number of aromatic hydroxyl groups is 1. The molecule has 3 rings (SSSR count). The van der Waals surface area contributed by atoms with E-state index in [0.717, 1.165) is 5.56 Å². The molecular weight excluding hydrogens is 358 g/mol. The van der Waals surface area contributed by atoms with Crippen LogP contribution in [0.25, 0.3) is 0 Å². The van der Waals surface area contributed by atoms with Crippen molar-refractivity contribution in [1.29, 1.82) is 0 Å². The highest BCUT2D eigenvalue weighted by molar-refractivity contribution is 6.04. The Bertz CT molecular complexity index is 931. The molecule has 1 heterocycles. The second-order valence-electron chi connectivity index (χ2n) is 7.74. The predicted molar refractivity (Wildman–Crippen MR) is 105 cm³/mol. The zero-order valence-electron chi connectivity index (χ0n) is 16.2. The summed E-state index contributed by atoms with van der Waals surface area (Å²) in [5, 5.41) is 14.5. The zero-order valence-corrected chi connectivity index (χ0v) is 16.2. The van der Waals surface area contributed by atoms with Crippen LogP contribution in [-0.2, 0) is 9.53 Å². The van der Waals surface area contributed by atoms with Crippen molar-refractivity contribution in [3.63, 3.8) is 0 Å². The first-order chi connectivity index (χ1) is 13.2. The van der Waals surface area contributed by atoms with Crippen molar-refractivity contribution in [2.24, 2.45) is 5.10 Å². The van der Waals surface area contributed by atoms with E-state index in [1.54, 1.807) is 36.4 Å². The van der Waals surface area contributed by atoms with Crippen LogP contribution in [0.1, 0.15) is 34.0 Å². The Kier molecular flexibility index (Phi) is 5.46. The molecule has 0 saturated carbocycles. The number of esters is 1. The minimum Gasteiger partial charge on any atom is -0.507 e. The van der Waals surface area contributed by atoms with E-state index in [9.17, 15) is 14.7 Å². The number of carbonyl (C=O) groups is 2. The van der Waals surface area contributed by atoms with Crippen LogP contribution in [0, 0.1) is 0 Å². The van der Waals surface area contributed by atoms with Crippen LogP contribution < -0.4 is 5.43 Å². The maximum absolute atomic E-state index is 12.2. The Morgan fingerprint density at radius 2 is 1.82 bits per heavy atom. The van der Waals surface area contributed by atoms with Crippen LogP contribution in [0.2, 0.25) is 0 Å². The number of likely N-dealkylation sites (N-methyl/N-ethyl adjacent to an activating group) is 1. The number of nitrogens with zero attached hydrogens (tertiary/aromatic N) is 2. The van der Waals surface area contributed by atoms with Gasteiger partial charge in [0, 0.05) is 17.5 Å². The molecule has 1 aliphatic rings. The second kappa shape index (κ2) is 7.82. The average Bonchev–Trinajstić information content (AvgIpc) is 2.94. The normalized spacial score (nSPS) is 16.5. The highest BCUT2D eigenvalue weighted by Gasteiger charge is 2.32. The van der Waals surface area contributed by atoms with Crippen LogP contribution in [0.3, 0.4) is 0 Å². The number of ether oxygens (including phenoxy) is 1. The number of hydrogen-bond acceptors (Lipinski definition) is 5. The van der Waals surface area contributed by atoms with Gasteiger partial charge in [0.25, 0.3) is 5.91 Å². The fourth-order valence-corrected chi connectivity index (χ4v) is 3.08. The fraction of sp³-hybridized carbons (Fsp3) is 0.286. The van der Waals surface area contributed by atoms with Crippen LogP contribution in [0.4, 0.5) is 0 Å². The molecule has 2 aromatic rings. The van der Waals surface area contributed by atoms with Crippen molar-refractivity contribution < 1.29 is 23.9 Å². The van der Waals surface area contributed by atoms with E-state index in [4.69, 9.17) is 4.74 Å². The lowest BCUT2D eigenvalue weighted by Crippen LogP contribution is -2.43. The van der Waals surface area contributed by atoms with Gasteiger partial charge in [0.05, 0.1) is 32.4 Å². The number of hydrogen-bond donors (Lipinski definition) is 2. The Hall–Kier alpha value is -3.19. The monoisotopic (exact) mass is 382 g/mol. The number of phenolic OH excluding ortho intramolecular Hbond substituents is 1. The number of para-hydroxylation sites is 1. The summed E-state index contributed by atoms with van der Waals surface area (Å²) in [7, 11) is 5.71. The molecule has 2 aromatic carbocycles. The number of nitrogens with one attached hydrogen (secondary N) is 1. The molecule has 0 unspecified atom stereocenters. The third kappa shape index (κ3) is 4.55. The first-order valence-electron chi connectivity index (χ1n) is 8.99. The van der Waals surface area contributed by atoms with Gasteiger partial charge in [-0.3, -0.25) is 4.79 Å². The molecule has 28 heavy (non-hydrogen) atoms. The molecule has 1 amide bonds. The van der Waals surface area contributed by atoms with Crippen molar-refractivity contribution in [2.75, 3.05) is 27.7 Å². The third-order valence-electron chi connectivity index (χ3n) is 4.30. The predicted octanol–water partition coefficient (Wildman–Crippen LogP) is 2.22. The average molecular weight is 382 g/mol. The van der Waals surface area contributed by atoms with E-state index in [1.807, 2.05) is 33.3 Å². The van der Waals surface area contributed by atoms with Crippen LogP contribution >= 0.6 is 0 Å². The number of phenols is 1. The summed E-state index contributed by atoms with van der Waals surface area (Å²) in [4.78, 5) is 24.3. The Labute approximate surface area is 163 Å². The first-order valence-corrected chi connectivity index (χ1v) is 8.99. The molecular formula is C21H24N3O4+. The van der Waals surface area contributed by atoms with Crippen LogP contribution in [0.15, 0.2) is 53.6 Å². The second-order valence-corrected chi connectivity index (χ2v) is 7.74. The Morgan fingerprint density at radius 3 is 2.54 bits per heavy atom. The standard InChI is InChI=1S/C21H23N3O4/c1-24(2,3)13-20(26)23-22-17(16-10-6-7-11-18(16)25)12-19-14-8-4-5-9-15(14)21(27)28-19/h4-11,19H,12-13H2,1-3H3,(H-,22,23,25,26)/p+1/t19-/m1/s1. The zero-order chi connectivity index (χ0) is 20.3. The van der Waals surface area contributed by atoms with E-state index < -0.39 is 6.10 Å². The summed E-state index contributed by atoms with van der Waals surface area (Å²) in [5.74, 6) is -0.588. The number of quaternary nitrogens is 1. The third-order valence-corrected chi connectivity index (χ3v) is 4.30. The van der Waals surface area contributed by atoms with Crippen molar-refractivity contribution >= 4 is 17.6 Å². The molecule has 7 nitrogen and oxygen atoms in total. The quantitative estimate of drug-likeness (QED) is 0.347. The van der Waals surface area contributed by atoms with Crippen molar-refractivity contribution in [3.8, 4) is 5.75 Å². The number of carbonyl (C=O) groups excluding carboxylic acids is 2. The van der Waals surface area contributed by atoms with Crippen LogP contribution in [-0.4, -0.2) is 54.9 Å². The van der Waals surface area contributed by atoms with Crippen LogP contribution in [0.5, 0.6) is 5.75 Å². The highest BCUT2D eigenvalue weighted by atomic mass is 16.5. The summed E-state index contributed by atoms with van der Waals surface area (Å²) >= 11 is 0. The summed E-state index contributed by atoms with van der Waals surface area (Å²) in [5.41, 5.74) is 4.77. The lowest BCUT2D eigenvalue weighted by atomic mass is 9.97. The van der Waals surface area contributed by atoms with Gasteiger partial charge in [0.15, 0.2) is 6.54 Å². The molecule has 146 valence electrons. The fourth-order valence-electron chi connectivity index (χ4n) is 3.08. The van der Waals surface area contributed by atoms with Crippen molar-refractivity contribution in [3.05, 3.63) is 65.2 Å². The number of benzene rings is 2. The van der Waals surface area contributed by atoms with E-state index in [0.29, 0.717) is 21.3 Å². The van der Waals surface area contributed by atoms with Crippen molar-refractivity contribution in [2.45, 2.75) is 12.5 Å². The van der Waals surface area contributed by atoms with Gasteiger partial charge in [0.1, 0.15) is 11.9 Å². The number of cyclic esters (lactones) is 1. The SMILES string of the molecule is C[N+](C)(C)CC(=O)N/N=C(\C[C@H]1OC(=O)c2ccccc21)c1ccccc1O. The number of rotatable bonds is 6. The molecule has 2 N–H and O–H groups in total. The van der Waals surface area contributed by atoms with Gasteiger partial charge >= 0.3 is 5.97 Å². The van der Waals surface area contributed by atoms with Crippen molar-refractivity contribution in [1.82, 2.24) is 5.43 Å². The molecule has 0 spiro atoms. The van der Waals surface area contributed by atoms with Gasteiger partial charge in [-0.25, -0.2) is 10.2 Å². The van der Waals surface area contributed by atoms with Gasteiger partial charge in [-0.2, -0.15) is 5.10 Å². The molecule has 1 atom stereocenters. The van der Waals surface area contributed by atoms with Gasteiger partial charge in [-0.15, -0.1) is 0 Å². The Morgan fingerprint density at radius 1 is 1.14 bits per heavy atom. The highest BCUT2D eigenvalue weighted by Crippen LogP contribution is 2.34. The smallest absolute Gasteiger partial charge is 0.339 e. The minimum absolute atomic E-state index is 0.0414. The Balaban J connectivity index is 1.88. The molecule has 0 radical (unpaired) electrons. The maximum Gasteiger partial charge on any atom is 0.339 e. The molecule has 7 heteroatoms. The molecule has 0 saturated heterocycles.